The van der Waals surface area contributed by atoms with Crippen molar-refractivity contribution in [2.45, 2.75) is 0 Å². The van der Waals surface area contributed by atoms with E-state index in [1.165, 1.54) is 35.0 Å². The smallest absolute Gasteiger partial charge is 0.211 e. The van der Waals surface area contributed by atoms with Crippen molar-refractivity contribution < 1.29 is 4.39 Å². The Hall–Kier alpha value is -2.25. The summed E-state index contributed by atoms with van der Waals surface area (Å²) in [4.78, 5) is 6.19. The standard InChI is InChI=1S/C20H12Cl2FN3S2/c21-14-6-2-4-8-16(14)25-20-26(24-11-13-5-1-3-7-15(13)23)17(12-27-20)18-9-10-19(22)28-18/h1-12H/b24-11+,25-20?. The van der Waals surface area contributed by atoms with Crippen LogP contribution in [-0.4, -0.2) is 10.9 Å². The molecule has 0 saturated carbocycles. The van der Waals surface area contributed by atoms with Crippen LogP contribution >= 0.6 is 45.9 Å². The minimum Gasteiger partial charge on any atom is -0.218 e. The number of halogens is 3. The second-order valence-corrected chi connectivity index (χ2v) is 8.61. The third-order valence-electron chi connectivity index (χ3n) is 3.80. The molecule has 0 bridgehead atoms. The third kappa shape index (κ3) is 4.10. The lowest BCUT2D eigenvalue weighted by molar-refractivity contribution is 0.625. The Bertz CT molecular complexity index is 1220. The van der Waals surface area contributed by atoms with E-state index in [0.29, 0.717) is 25.4 Å². The van der Waals surface area contributed by atoms with Crippen LogP contribution in [0.4, 0.5) is 10.1 Å². The summed E-state index contributed by atoms with van der Waals surface area (Å²) in [5.74, 6) is -0.340. The number of hydrogen-bond acceptors (Lipinski definition) is 4. The molecule has 0 saturated heterocycles. The van der Waals surface area contributed by atoms with E-state index >= 15 is 0 Å². The Morgan fingerprint density at radius 1 is 0.964 bits per heavy atom. The number of nitrogens with zero attached hydrogens (tertiary/aromatic N) is 3. The number of hydrogen-bond donors (Lipinski definition) is 0. The molecule has 0 atom stereocenters. The fraction of sp³-hybridized carbons (Fsp3) is 0. The van der Waals surface area contributed by atoms with Gasteiger partial charge in [0.05, 0.1) is 31.8 Å². The summed E-state index contributed by atoms with van der Waals surface area (Å²) in [5, 5.41) is 6.98. The SMILES string of the molecule is Fc1ccccc1/C=N/n1c(-c2ccc(Cl)s2)csc1=Nc1ccccc1Cl. The summed E-state index contributed by atoms with van der Waals surface area (Å²) >= 11 is 15.2. The van der Waals surface area contributed by atoms with Crippen LogP contribution in [0.25, 0.3) is 10.6 Å². The molecule has 2 aromatic heterocycles. The van der Waals surface area contributed by atoms with Crippen molar-refractivity contribution in [3.05, 3.63) is 91.6 Å². The zero-order valence-electron chi connectivity index (χ0n) is 14.2. The molecule has 0 aliphatic rings. The average Bonchev–Trinajstić information content (AvgIpc) is 3.29. The Kier molecular flexibility index (Phi) is 5.73. The largest absolute Gasteiger partial charge is 0.218 e. The molecular weight excluding hydrogens is 436 g/mol. The number of para-hydroxylation sites is 1. The molecule has 8 heteroatoms. The van der Waals surface area contributed by atoms with Gasteiger partial charge in [-0.15, -0.1) is 22.7 Å². The van der Waals surface area contributed by atoms with E-state index in [0.717, 1.165) is 10.6 Å². The van der Waals surface area contributed by atoms with Crippen LogP contribution in [0, 0.1) is 5.82 Å². The van der Waals surface area contributed by atoms with Crippen molar-refractivity contribution in [3.8, 4) is 10.6 Å². The number of thiophene rings is 1. The lowest BCUT2D eigenvalue weighted by atomic mass is 10.2. The molecule has 140 valence electrons. The van der Waals surface area contributed by atoms with Crippen molar-refractivity contribution in [2.24, 2.45) is 10.1 Å². The second kappa shape index (κ2) is 8.41. The quantitative estimate of drug-likeness (QED) is 0.306. The van der Waals surface area contributed by atoms with E-state index in [1.54, 1.807) is 28.9 Å². The molecule has 2 aromatic carbocycles. The molecule has 0 aliphatic heterocycles. The number of aromatic nitrogens is 1. The van der Waals surface area contributed by atoms with Gasteiger partial charge in [-0.3, -0.25) is 0 Å². The van der Waals surface area contributed by atoms with Crippen LogP contribution in [0.3, 0.4) is 0 Å². The minimum atomic E-state index is -0.340. The van der Waals surface area contributed by atoms with Crippen molar-refractivity contribution in [1.29, 1.82) is 0 Å². The van der Waals surface area contributed by atoms with E-state index in [1.807, 2.05) is 35.7 Å². The van der Waals surface area contributed by atoms with E-state index in [-0.39, 0.29) is 5.82 Å². The van der Waals surface area contributed by atoms with Gasteiger partial charge < -0.3 is 0 Å². The van der Waals surface area contributed by atoms with Crippen molar-refractivity contribution in [3.63, 3.8) is 0 Å². The summed E-state index contributed by atoms with van der Waals surface area (Å²) in [6.07, 6.45) is 1.48. The number of rotatable bonds is 4. The van der Waals surface area contributed by atoms with Gasteiger partial charge in [0.25, 0.3) is 0 Å². The molecule has 4 rings (SSSR count). The molecule has 28 heavy (non-hydrogen) atoms. The molecule has 0 amide bonds. The van der Waals surface area contributed by atoms with E-state index in [2.05, 4.69) is 10.1 Å². The van der Waals surface area contributed by atoms with Gasteiger partial charge in [-0.05, 0) is 30.3 Å². The first-order valence-electron chi connectivity index (χ1n) is 8.16. The Labute approximate surface area is 178 Å². The van der Waals surface area contributed by atoms with Crippen molar-refractivity contribution >= 4 is 57.8 Å². The normalized spacial score (nSPS) is 12.2. The summed E-state index contributed by atoms with van der Waals surface area (Å²) in [6.45, 7) is 0. The zero-order valence-corrected chi connectivity index (χ0v) is 17.4. The predicted octanol–water partition coefficient (Wildman–Crippen LogP) is 6.84. The summed E-state index contributed by atoms with van der Waals surface area (Å²) in [6, 6.07) is 17.5. The minimum absolute atomic E-state index is 0.340. The van der Waals surface area contributed by atoms with Gasteiger partial charge in [0, 0.05) is 10.9 Å². The molecule has 4 aromatic rings. The highest BCUT2D eigenvalue weighted by atomic mass is 35.5. The molecule has 2 heterocycles. The molecule has 0 spiro atoms. The summed E-state index contributed by atoms with van der Waals surface area (Å²) in [7, 11) is 0. The Morgan fingerprint density at radius 2 is 1.75 bits per heavy atom. The van der Waals surface area contributed by atoms with Gasteiger partial charge in [0.2, 0.25) is 4.80 Å². The average molecular weight is 448 g/mol. The Balaban J connectivity index is 1.87. The molecule has 0 radical (unpaired) electrons. The first-order valence-corrected chi connectivity index (χ1v) is 10.6. The molecule has 0 aliphatic carbocycles. The van der Waals surface area contributed by atoms with Gasteiger partial charge >= 0.3 is 0 Å². The molecule has 3 nitrogen and oxygen atoms in total. The van der Waals surface area contributed by atoms with E-state index in [9.17, 15) is 4.39 Å². The molecule has 0 N–H and O–H groups in total. The lowest BCUT2D eigenvalue weighted by Gasteiger charge is -2.02. The fourth-order valence-electron chi connectivity index (χ4n) is 2.46. The maximum atomic E-state index is 14.0. The highest BCUT2D eigenvalue weighted by Crippen LogP contribution is 2.31. The molecule has 0 unspecified atom stereocenters. The topological polar surface area (TPSA) is 29.6 Å². The van der Waals surface area contributed by atoms with Gasteiger partial charge in [0.15, 0.2) is 0 Å². The van der Waals surface area contributed by atoms with Crippen LogP contribution in [0.2, 0.25) is 9.36 Å². The zero-order chi connectivity index (χ0) is 19.5. The van der Waals surface area contributed by atoms with Crippen LogP contribution in [-0.2, 0) is 0 Å². The van der Waals surface area contributed by atoms with Crippen LogP contribution < -0.4 is 4.80 Å². The summed E-state index contributed by atoms with van der Waals surface area (Å²) in [5.41, 5.74) is 1.84. The maximum absolute atomic E-state index is 14.0. The van der Waals surface area contributed by atoms with E-state index in [4.69, 9.17) is 23.2 Å². The first-order chi connectivity index (χ1) is 13.6. The van der Waals surface area contributed by atoms with Gasteiger partial charge in [0.1, 0.15) is 5.82 Å². The monoisotopic (exact) mass is 447 g/mol. The first kappa shape index (κ1) is 19.1. The predicted molar refractivity (Wildman–Crippen MR) is 117 cm³/mol. The molecular formula is C20H12Cl2FN3S2. The van der Waals surface area contributed by atoms with Crippen molar-refractivity contribution in [1.82, 2.24) is 4.68 Å². The summed E-state index contributed by atoms with van der Waals surface area (Å²) < 4.78 is 16.3. The highest BCUT2D eigenvalue weighted by molar-refractivity contribution is 7.19. The van der Waals surface area contributed by atoms with Crippen LogP contribution in [0.5, 0.6) is 0 Å². The van der Waals surface area contributed by atoms with E-state index < -0.39 is 0 Å². The van der Waals surface area contributed by atoms with Gasteiger partial charge in [-0.25, -0.2) is 14.1 Å². The van der Waals surface area contributed by atoms with Gasteiger partial charge in [-0.2, -0.15) is 5.10 Å². The third-order valence-corrected chi connectivity index (χ3v) is 6.19. The van der Waals surface area contributed by atoms with Gasteiger partial charge in [-0.1, -0.05) is 53.5 Å². The van der Waals surface area contributed by atoms with Crippen molar-refractivity contribution in [2.75, 3.05) is 0 Å². The lowest BCUT2D eigenvalue weighted by Crippen LogP contribution is -2.11. The Morgan fingerprint density at radius 3 is 2.50 bits per heavy atom. The fourth-order valence-corrected chi connectivity index (χ4v) is 4.59. The van der Waals surface area contributed by atoms with Crippen LogP contribution in [0.1, 0.15) is 5.56 Å². The number of benzene rings is 2. The molecule has 0 fully saturated rings. The number of thiazole rings is 1. The second-order valence-electron chi connectivity index (χ2n) is 5.65. The van der Waals surface area contributed by atoms with Crippen LogP contribution in [0.15, 0.2) is 76.1 Å². The maximum Gasteiger partial charge on any atom is 0.211 e. The highest BCUT2D eigenvalue weighted by Gasteiger charge is 2.11.